The molecule has 0 saturated heterocycles. The zero-order valence-corrected chi connectivity index (χ0v) is 7.78. The summed E-state index contributed by atoms with van der Waals surface area (Å²) in [5.41, 5.74) is 7.16. The molecule has 1 aromatic rings. The number of hydrogen-bond donors (Lipinski definition) is 1. The lowest BCUT2D eigenvalue weighted by Crippen LogP contribution is -2.10. The maximum absolute atomic E-state index is 8.86. The van der Waals surface area contributed by atoms with Crippen molar-refractivity contribution in [2.45, 2.75) is 6.04 Å². The lowest BCUT2D eigenvalue weighted by Gasteiger charge is -2.06. The van der Waals surface area contributed by atoms with Gasteiger partial charge in [0.15, 0.2) is 0 Å². The topological polar surface area (TPSA) is 68.3 Å². The summed E-state index contributed by atoms with van der Waals surface area (Å²) in [7, 11) is 1.53. The third kappa shape index (κ3) is 1.19. The molecule has 1 atom stereocenters. The zero-order valence-electron chi connectivity index (χ0n) is 7.78. The fraction of sp³-hybridized carbons (Fsp3) is 0.300. The third-order valence-electron chi connectivity index (χ3n) is 2.27. The van der Waals surface area contributed by atoms with E-state index in [1.165, 1.54) is 7.11 Å². The molecule has 0 bridgehead atoms. The van der Waals surface area contributed by atoms with Gasteiger partial charge in [-0.15, -0.1) is 0 Å². The van der Waals surface area contributed by atoms with E-state index in [9.17, 15) is 0 Å². The summed E-state index contributed by atoms with van der Waals surface area (Å²) < 4.78 is 10.4. The number of benzene rings is 1. The van der Waals surface area contributed by atoms with Crippen molar-refractivity contribution in [3.63, 3.8) is 0 Å². The van der Waals surface area contributed by atoms with Crippen LogP contribution in [0.25, 0.3) is 0 Å². The summed E-state index contributed by atoms with van der Waals surface area (Å²) in [6, 6.07) is 5.36. The van der Waals surface area contributed by atoms with Gasteiger partial charge in [-0.25, -0.2) is 0 Å². The van der Waals surface area contributed by atoms with E-state index in [0.717, 1.165) is 5.56 Å². The fourth-order valence-corrected chi connectivity index (χ4v) is 1.52. The first kappa shape index (κ1) is 8.85. The zero-order chi connectivity index (χ0) is 10.1. The maximum Gasteiger partial charge on any atom is 0.140 e. The molecule has 0 amide bonds. The van der Waals surface area contributed by atoms with Crippen LogP contribution in [-0.2, 0) is 0 Å². The van der Waals surface area contributed by atoms with Gasteiger partial charge in [0.05, 0.1) is 18.7 Å². The van der Waals surface area contributed by atoms with Crippen LogP contribution in [0.2, 0.25) is 0 Å². The van der Waals surface area contributed by atoms with Crippen molar-refractivity contribution in [1.82, 2.24) is 0 Å². The Morgan fingerprint density at radius 1 is 1.64 bits per heavy atom. The molecule has 14 heavy (non-hydrogen) atoms. The third-order valence-corrected chi connectivity index (χ3v) is 2.27. The summed E-state index contributed by atoms with van der Waals surface area (Å²) in [6.07, 6.45) is 0. The van der Waals surface area contributed by atoms with Gasteiger partial charge in [0, 0.05) is 11.6 Å². The van der Waals surface area contributed by atoms with Crippen LogP contribution in [0.4, 0.5) is 0 Å². The van der Waals surface area contributed by atoms with Crippen LogP contribution >= 0.6 is 0 Å². The molecule has 0 fully saturated rings. The highest BCUT2D eigenvalue weighted by molar-refractivity contribution is 5.54. The Morgan fingerprint density at radius 3 is 3.07 bits per heavy atom. The van der Waals surface area contributed by atoms with E-state index in [1.54, 1.807) is 12.1 Å². The minimum absolute atomic E-state index is 0.136. The highest BCUT2D eigenvalue weighted by Crippen LogP contribution is 2.36. The van der Waals surface area contributed by atoms with Gasteiger partial charge in [-0.05, 0) is 6.07 Å². The smallest absolute Gasteiger partial charge is 0.140 e. The molecule has 0 aromatic heterocycles. The Morgan fingerprint density at radius 2 is 2.43 bits per heavy atom. The molecule has 72 valence electrons. The fourth-order valence-electron chi connectivity index (χ4n) is 1.52. The van der Waals surface area contributed by atoms with Crippen molar-refractivity contribution < 1.29 is 9.47 Å². The summed E-state index contributed by atoms with van der Waals surface area (Å²) >= 11 is 0. The van der Waals surface area contributed by atoms with Gasteiger partial charge in [0.2, 0.25) is 0 Å². The average Bonchev–Trinajstić information content (AvgIpc) is 2.58. The van der Waals surface area contributed by atoms with Crippen LogP contribution in [0.15, 0.2) is 12.1 Å². The number of nitriles is 1. The predicted octanol–water partition coefficient (Wildman–Crippen LogP) is 0.959. The summed E-state index contributed by atoms with van der Waals surface area (Å²) in [4.78, 5) is 0. The van der Waals surface area contributed by atoms with Gasteiger partial charge in [-0.1, -0.05) is 0 Å². The van der Waals surface area contributed by atoms with Crippen molar-refractivity contribution in [3.05, 3.63) is 23.3 Å². The summed E-state index contributed by atoms with van der Waals surface area (Å²) in [5, 5.41) is 8.86. The van der Waals surface area contributed by atoms with E-state index in [1.807, 2.05) is 0 Å². The van der Waals surface area contributed by atoms with E-state index in [-0.39, 0.29) is 6.04 Å². The molecular weight excluding hydrogens is 180 g/mol. The van der Waals surface area contributed by atoms with Crippen molar-refractivity contribution in [1.29, 1.82) is 5.26 Å². The van der Waals surface area contributed by atoms with Gasteiger partial charge in [0.25, 0.3) is 0 Å². The monoisotopic (exact) mass is 190 g/mol. The number of nitrogens with two attached hydrogens (primary N) is 1. The first-order chi connectivity index (χ1) is 6.76. The van der Waals surface area contributed by atoms with Crippen molar-refractivity contribution in [3.8, 4) is 17.6 Å². The normalized spacial score (nSPS) is 18.2. The molecule has 1 heterocycles. The second-order valence-electron chi connectivity index (χ2n) is 3.12. The minimum atomic E-state index is -0.136. The number of nitrogens with zero attached hydrogens (tertiary/aromatic N) is 1. The molecule has 1 aliphatic rings. The first-order valence-corrected chi connectivity index (χ1v) is 4.26. The van der Waals surface area contributed by atoms with Crippen LogP contribution in [-0.4, -0.2) is 13.7 Å². The van der Waals surface area contributed by atoms with E-state index >= 15 is 0 Å². The number of hydrogen-bond acceptors (Lipinski definition) is 4. The standard InChI is InChI=1S/C10H10N2O2/c1-13-9-3-10-7(2-6(9)4-11)8(12)5-14-10/h2-3,8H,5,12H2,1H3/t8-/m1/s1. The first-order valence-electron chi connectivity index (χ1n) is 4.26. The molecule has 0 aliphatic carbocycles. The molecule has 1 aromatic carbocycles. The molecule has 1 aliphatic heterocycles. The van der Waals surface area contributed by atoms with E-state index in [2.05, 4.69) is 6.07 Å². The van der Waals surface area contributed by atoms with Crippen molar-refractivity contribution in [2.24, 2.45) is 5.73 Å². The van der Waals surface area contributed by atoms with Gasteiger partial charge in [-0.2, -0.15) is 5.26 Å². The van der Waals surface area contributed by atoms with E-state index in [4.69, 9.17) is 20.5 Å². The van der Waals surface area contributed by atoms with Crippen molar-refractivity contribution in [2.75, 3.05) is 13.7 Å². The van der Waals surface area contributed by atoms with E-state index < -0.39 is 0 Å². The highest BCUT2D eigenvalue weighted by Gasteiger charge is 2.23. The molecule has 4 heteroatoms. The molecular formula is C10H10N2O2. The lowest BCUT2D eigenvalue weighted by molar-refractivity contribution is 0.331. The SMILES string of the molecule is COc1cc2c(cc1C#N)[C@H](N)CO2. The Labute approximate surface area is 81.8 Å². The number of rotatable bonds is 1. The molecule has 0 unspecified atom stereocenters. The second kappa shape index (κ2) is 3.20. The number of ether oxygens (including phenoxy) is 2. The Hall–Kier alpha value is -1.73. The van der Waals surface area contributed by atoms with Gasteiger partial charge >= 0.3 is 0 Å². The molecule has 0 spiro atoms. The van der Waals surface area contributed by atoms with Crippen LogP contribution < -0.4 is 15.2 Å². The van der Waals surface area contributed by atoms with Crippen LogP contribution in [0, 0.1) is 11.3 Å². The van der Waals surface area contributed by atoms with Crippen LogP contribution in [0.5, 0.6) is 11.5 Å². The number of fused-ring (bicyclic) bond motifs is 1. The molecule has 2 N–H and O–H groups in total. The van der Waals surface area contributed by atoms with E-state index in [0.29, 0.717) is 23.7 Å². The molecule has 2 rings (SSSR count). The highest BCUT2D eigenvalue weighted by atomic mass is 16.5. The Bertz CT molecular complexity index is 409. The van der Waals surface area contributed by atoms with Crippen LogP contribution in [0.3, 0.4) is 0 Å². The predicted molar refractivity (Wildman–Crippen MR) is 50.1 cm³/mol. The maximum atomic E-state index is 8.86. The van der Waals surface area contributed by atoms with Gasteiger partial charge in [-0.3, -0.25) is 0 Å². The summed E-state index contributed by atoms with van der Waals surface area (Å²) in [6.45, 7) is 0.466. The minimum Gasteiger partial charge on any atom is -0.495 e. The summed E-state index contributed by atoms with van der Waals surface area (Å²) in [5.74, 6) is 1.24. The lowest BCUT2D eigenvalue weighted by atomic mass is 10.1. The van der Waals surface area contributed by atoms with Crippen molar-refractivity contribution >= 4 is 0 Å². The van der Waals surface area contributed by atoms with Gasteiger partial charge < -0.3 is 15.2 Å². The van der Waals surface area contributed by atoms with Gasteiger partial charge in [0.1, 0.15) is 24.2 Å². The molecule has 4 nitrogen and oxygen atoms in total. The average molecular weight is 190 g/mol. The number of methoxy groups -OCH3 is 1. The second-order valence-corrected chi connectivity index (χ2v) is 3.12. The largest absolute Gasteiger partial charge is 0.495 e. The quantitative estimate of drug-likeness (QED) is 0.716. The molecule has 0 saturated carbocycles. The molecule has 0 radical (unpaired) electrons. The van der Waals surface area contributed by atoms with Crippen LogP contribution in [0.1, 0.15) is 17.2 Å². The Kier molecular flexibility index (Phi) is 2.02. The Balaban J connectivity index is 2.56.